The largest absolute Gasteiger partial charge is 0.373 e. The smallest absolute Gasteiger partial charge is 0.251 e. The summed E-state index contributed by atoms with van der Waals surface area (Å²) in [6.07, 6.45) is 1.20. The molecule has 3 aromatic carbocycles. The Morgan fingerprint density at radius 1 is 1.07 bits per heavy atom. The molecule has 216 valence electrons. The Bertz CT molecular complexity index is 1760. The molecular weight excluding hydrogens is 544 g/mol. The predicted octanol–water partition coefficient (Wildman–Crippen LogP) is 3.00. The van der Waals surface area contributed by atoms with E-state index in [0.29, 0.717) is 43.3 Å². The quantitative estimate of drug-likeness (QED) is 0.230. The standard InChI is InChI=1S/C31H30N10O2/c32-14-6-15-41-29(37-38-39-41)18-27-31(43)40(16-13-21-7-2-1-3-8-21)20-23-17-22(11-12-24(23)34-27)30(42)33-19-28-35-25-9-4-5-10-26(25)36-28/h1-5,7-12,17,27,34H,6,13,15-16,18-20H2,(H,33,42)(H,35,36). The molecule has 3 N–H and O–H groups in total. The topological polar surface area (TPSA) is 158 Å². The van der Waals surface area contributed by atoms with Gasteiger partial charge in [0.15, 0.2) is 5.82 Å². The number of hydrogen-bond acceptors (Lipinski definition) is 8. The Balaban J connectivity index is 1.22. The van der Waals surface area contributed by atoms with Gasteiger partial charge in [0.2, 0.25) is 5.91 Å². The Morgan fingerprint density at radius 2 is 1.91 bits per heavy atom. The third kappa shape index (κ3) is 6.36. The van der Waals surface area contributed by atoms with E-state index in [1.54, 1.807) is 10.7 Å². The van der Waals surface area contributed by atoms with Crippen LogP contribution in [0.4, 0.5) is 5.69 Å². The number of tetrazole rings is 1. The van der Waals surface area contributed by atoms with Crippen LogP contribution in [0, 0.1) is 11.3 Å². The number of anilines is 1. The van der Waals surface area contributed by atoms with Crippen LogP contribution in [0.5, 0.6) is 0 Å². The summed E-state index contributed by atoms with van der Waals surface area (Å²) < 4.78 is 1.56. The molecule has 0 aliphatic carbocycles. The summed E-state index contributed by atoms with van der Waals surface area (Å²) in [5.41, 5.74) is 4.98. The van der Waals surface area contributed by atoms with E-state index in [2.05, 4.69) is 42.2 Å². The number of rotatable bonds is 10. The van der Waals surface area contributed by atoms with Crippen LogP contribution < -0.4 is 10.6 Å². The number of fused-ring (bicyclic) bond motifs is 2. The molecule has 1 aliphatic rings. The van der Waals surface area contributed by atoms with Crippen LogP contribution in [0.2, 0.25) is 0 Å². The zero-order valence-electron chi connectivity index (χ0n) is 23.4. The zero-order chi connectivity index (χ0) is 29.6. The van der Waals surface area contributed by atoms with Gasteiger partial charge < -0.3 is 20.5 Å². The lowest BCUT2D eigenvalue weighted by molar-refractivity contribution is -0.132. The summed E-state index contributed by atoms with van der Waals surface area (Å²) in [4.78, 5) is 36.6. The molecule has 0 saturated carbocycles. The van der Waals surface area contributed by atoms with Gasteiger partial charge in [0.1, 0.15) is 11.9 Å². The van der Waals surface area contributed by atoms with Gasteiger partial charge in [0.05, 0.1) is 36.6 Å². The van der Waals surface area contributed by atoms with E-state index in [1.807, 2.05) is 71.6 Å². The maximum absolute atomic E-state index is 13.9. The average Bonchev–Trinajstić information content (AvgIpc) is 3.64. The SMILES string of the molecule is N#CCCn1nnnc1CC1Nc2ccc(C(=O)NCc3nc4ccccc4[nH]3)cc2CN(CCc2ccccc2)C1=O. The highest BCUT2D eigenvalue weighted by molar-refractivity contribution is 5.95. The van der Waals surface area contributed by atoms with Gasteiger partial charge in [-0.3, -0.25) is 9.59 Å². The van der Waals surface area contributed by atoms with E-state index in [0.717, 1.165) is 27.8 Å². The number of aromatic amines is 1. The molecule has 1 atom stereocenters. The number of imidazole rings is 1. The number of nitrogens with zero attached hydrogens (tertiary/aromatic N) is 7. The van der Waals surface area contributed by atoms with Crippen molar-refractivity contribution in [1.29, 1.82) is 5.26 Å². The number of H-pyrrole nitrogens is 1. The molecule has 0 saturated heterocycles. The highest BCUT2D eigenvalue weighted by Crippen LogP contribution is 2.26. The highest BCUT2D eigenvalue weighted by Gasteiger charge is 2.31. The van der Waals surface area contributed by atoms with Crippen LogP contribution in [0.3, 0.4) is 0 Å². The van der Waals surface area contributed by atoms with E-state index in [4.69, 9.17) is 5.26 Å². The fourth-order valence-corrected chi connectivity index (χ4v) is 5.23. The molecule has 0 bridgehead atoms. The van der Waals surface area contributed by atoms with E-state index in [9.17, 15) is 9.59 Å². The number of carbonyl (C=O) groups is 2. The number of carbonyl (C=O) groups excluding carboxylic acids is 2. The first kappa shape index (κ1) is 27.6. The van der Waals surface area contributed by atoms with Crippen molar-refractivity contribution >= 4 is 28.5 Å². The summed E-state index contributed by atoms with van der Waals surface area (Å²) >= 11 is 0. The lowest BCUT2D eigenvalue weighted by Crippen LogP contribution is -2.43. The van der Waals surface area contributed by atoms with E-state index in [1.165, 1.54) is 0 Å². The number of nitrogens with one attached hydrogen (secondary N) is 3. The molecule has 6 rings (SSSR count). The van der Waals surface area contributed by atoms with Gasteiger partial charge in [-0.2, -0.15) is 5.26 Å². The molecule has 12 nitrogen and oxygen atoms in total. The Kier molecular flexibility index (Phi) is 8.04. The minimum Gasteiger partial charge on any atom is -0.373 e. The van der Waals surface area contributed by atoms with Crippen molar-refractivity contribution in [2.45, 2.75) is 44.9 Å². The molecule has 5 aromatic rings. The molecule has 3 heterocycles. The second-order valence-electron chi connectivity index (χ2n) is 10.4. The van der Waals surface area contributed by atoms with Gasteiger partial charge in [-0.25, -0.2) is 9.67 Å². The molecule has 0 radical (unpaired) electrons. The number of nitriles is 1. The van der Waals surface area contributed by atoms with E-state index < -0.39 is 6.04 Å². The average molecular weight is 575 g/mol. The molecule has 12 heteroatoms. The summed E-state index contributed by atoms with van der Waals surface area (Å²) in [7, 11) is 0. The monoisotopic (exact) mass is 574 g/mol. The van der Waals surface area contributed by atoms with Crippen molar-refractivity contribution in [2.24, 2.45) is 0 Å². The lowest BCUT2D eigenvalue weighted by Gasteiger charge is -2.24. The van der Waals surface area contributed by atoms with Crippen molar-refractivity contribution < 1.29 is 9.59 Å². The molecular formula is C31H30N10O2. The number of aromatic nitrogens is 6. The third-order valence-electron chi connectivity index (χ3n) is 7.46. The Hall–Kier alpha value is -5.57. The first-order chi connectivity index (χ1) is 21.1. The molecule has 2 aromatic heterocycles. The first-order valence-electron chi connectivity index (χ1n) is 14.1. The number of aryl methyl sites for hydroxylation is 1. The van der Waals surface area contributed by atoms with Gasteiger partial charge >= 0.3 is 0 Å². The van der Waals surface area contributed by atoms with Crippen LogP contribution in [-0.4, -0.2) is 59.5 Å². The van der Waals surface area contributed by atoms with Crippen molar-refractivity contribution in [1.82, 2.24) is 40.4 Å². The van der Waals surface area contributed by atoms with Crippen molar-refractivity contribution in [3.63, 3.8) is 0 Å². The fourth-order valence-electron chi connectivity index (χ4n) is 5.23. The second-order valence-corrected chi connectivity index (χ2v) is 10.4. The summed E-state index contributed by atoms with van der Waals surface area (Å²) in [6, 6.07) is 24.6. The fraction of sp³-hybridized carbons (Fsp3) is 0.258. The first-order valence-corrected chi connectivity index (χ1v) is 14.1. The summed E-state index contributed by atoms with van der Waals surface area (Å²) in [5, 5.41) is 27.2. The highest BCUT2D eigenvalue weighted by atomic mass is 16.2. The number of para-hydroxylation sites is 2. The van der Waals surface area contributed by atoms with Crippen molar-refractivity contribution in [3.05, 3.63) is 101 Å². The zero-order valence-corrected chi connectivity index (χ0v) is 23.4. The van der Waals surface area contributed by atoms with E-state index >= 15 is 0 Å². The lowest BCUT2D eigenvalue weighted by atomic mass is 10.1. The second kappa shape index (κ2) is 12.5. The predicted molar refractivity (Wildman–Crippen MR) is 158 cm³/mol. The minimum atomic E-state index is -0.628. The molecule has 0 spiro atoms. The maximum Gasteiger partial charge on any atom is 0.251 e. The number of benzene rings is 3. The Morgan fingerprint density at radius 3 is 2.74 bits per heavy atom. The number of hydrogen-bond donors (Lipinski definition) is 3. The van der Waals surface area contributed by atoms with Crippen LogP contribution in [0.25, 0.3) is 11.0 Å². The molecule has 1 unspecified atom stereocenters. The molecule has 0 fully saturated rings. The van der Waals surface area contributed by atoms with Gasteiger partial charge in [0.25, 0.3) is 5.91 Å². The van der Waals surface area contributed by atoms with Crippen molar-refractivity contribution in [2.75, 3.05) is 11.9 Å². The summed E-state index contributed by atoms with van der Waals surface area (Å²) in [5.74, 6) is 0.874. The van der Waals surface area contributed by atoms with Crippen LogP contribution in [0.1, 0.15) is 39.6 Å². The third-order valence-corrected chi connectivity index (χ3v) is 7.46. The molecule has 1 aliphatic heterocycles. The van der Waals surface area contributed by atoms with Crippen molar-refractivity contribution in [3.8, 4) is 6.07 Å². The number of amides is 2. The molecule has 2 amide bonds. The van der Waals surface area contributed by atoms with E-state index in [-0.39, 0.29) is 31.2 Å². The van der Waals surface area contributed by atoms with Crippen LogP contribution >= 0.6 is 0 Å². The van der Waals surface area contributed by atoms with Gasteiger partial charge in [-0.05, 0) is 58.3 Å². The van der Waals surface area contributed by atoms with Crippen LogP contribution in [0.15, 0.2) is 72.8 Å². The Labute approximate surface area is 247 Å². The van der Waals surface area contributed by atoms with Crippen LogP contribution in [-0.2, 0) is 37.3 Å². The summed E-state index contributed by atoms with van der Waals surface area (Å²) in [6.45, 7) is 1.45. The molecule has 43 heavy (non-hydrogen) atoms. The normalized spacial score (nSPS) is 14.5. The minimum absolute atomic E-state index is 0.0853. The maximum atomic E-state index is 13.9. The van der Waals surface area contributed by atoms with Gasteiger partial charge in [0, 0.05) is 30.8 Å². The van der Waals surface area contributed by atoms with Gasteiger partial charge in [-0.15, -0.1) is 5.10 Å². The van der Waals surface area contributed by atoms with Gasteiger partial charge in [-0.1, -0.05) is 42.5 Å².